The second-order valence-corrected chi connectivity index (χ2v) is 6.98. The van der Waals surface area contributed by atoms with Gasteiger partial charge in [0.2, 0.25) is 5.91 Å². The molecule has 2 heterocycles. The van der Waals surface area contributed by atoms with Gasteiger partial charge in [-0.3, -0.25) is 9.59 Å². The molecule has 0 unspecified atom stereocenters. The van der Waals surface area contributed by atoms with Crippen molar-refractivity contribution in [1.82, 2.24) is 10.6 Å². The van der Waals surface area contributed by atoms with Gasteiger partial charge in [-0.1, -0.05) is 12.1 Å². The van der Waals surface area contributed by atoms with E-state index >= 15 is 0 Å². The lowest BCUT2D eigenvalue weighted by Crippen LogP contribution is -2.46. The summed E-state index contributed by atoms with van der Waals surface area (Å²) in [6, 6.07) is 5.23. The highest BCUT2D eigenvalue weighted by atomic mass is 16.5. The summed E-state index contributed by atoms with van der Waals surface area (Å²) in [6.07, 6.45) is 3.33. The topological polar surface area (TPSA) is 76.7 Å². The lowest BCUT2D eigenvalue weighted by Gasteiger charge is -2.18. The number of nitrogens with one attached hydrogen (secondary N) is 2. The molecule has 0 aromatic heterocycles. The molecular weight excluding hydrogens is 308 g/mol. The van der Waals surface area contributed by atoms with E-state index in [2.05, 4.69) is 10.6 Å². The summed E-state index contributed by atoms with van der Waals surface area (Å²) in [5, 5.41) is 5.55. The molecule has 6 heteroatoms. The SMILES string of the molecule is CC1(C)Cc2cccc(OCC(=O)N[C@H]3CCCCNC3=O)c2O1. The average Bonchev–Trinajstić information content (AvgIpc) is 2.71. The molecule has 24 heavy (non-hydrogen) atoms. The molecule has 1 aromatic rings. The highest BCUT2D eigenvalue weighted by Crippen LogP contribution is 2.41. The standard InChI is InChI=1S/C18H24N2O4/c1-18(2)10-12-6-5-8-14(16(12)24-18)23-11-15(21)20-13-7-3-4-9-19-17(13)22/h5-6,8,13H,3-4,7,9-11H2,1-2H3,(H,19,22)(H,20,21)/t13-/m0/s1. The van der Waals surface area contributed by atoms with Crippen molar-refractivity contribution in [2.45, 2.75) is 51.2 Å². The van der Waals surface area contributed by atoms with Crippen molar-refractivity contribution in [2.24, 2.45) is 0 Å². The van der Waals surface area contributed by atoms with Crippen LogP contribution in [0.4, 0.5) is 0 Å². The number of para-hydroxylation sites is 1. The summed E-state index contributed by atoms with van der Waals surface area (Å²) in [7, 11) is 0. The van der Waals surface area contributed by atoms with Gasteiger partial charge in [0.1, 0.15) is 11.6 Å². The Morgan fingerprint density at radius 1 is 1.42 bits per heavy atom. The summed E-state index contributed by atoms with van der Waals surface area (Å²) in [5.41, 5.74) is 0.823. The number of hydrogen-bond donors (Lipinski definition) is 2. The van der Waals surface area contributed by atoms with Crippen LogP contribution in [0, 0.1) is 0 Å². The lowest BCUT2D eigenvalue weighted by atomic mass is 10.0. The molecule has 2 aliphatic rings. The van der Waals surface area contributed by atoms with Crippen molar-refractivity contribution in [3.63, 3.8) is 0 Å². The van der Waals surface area contributed by atoms with Crippen LogP contribution < -0.4 is 20.1 Å². The van der Waals surface area contributed by atoms with Crippen LogP contribution in [0.1, 0.15) is 38.7 Å². The van der Waals surface area contributed by atoms with Gasteiger partial charge in [-0.15, -0.1) is 0 Å². The van der Waals surface area contributed by atoms with Crippen LogP contribution >= 0.6 is 0 Å². The van der Waals surface area contributed by atoms with Crippen LogP contribution in [0.5, 0.6) is 11.5 Å². The molecule has 1 saturated heterocycles. The van der Waals surface area contributed by atoms with Crippen molar-refractivity contribution < 1.29 is 19.1 Å². The smallest absolute Gasteiger partial charge is 0.258 e. The Morgan fingerprint density at radius 2 is 2.25 bits per heavy atom. The molecule has 0 radical (unpaired) electrons. The molecule has 130 valence electrons. The van der Waals surface area contributed by atoms with Gasteiger partial charge in [-0.2, -0.15) is 0 Å². The summed E-state index contributed by atoms with van der Waals surface area (Å²) < 4.78 is 11.6. The van der Waals surface area contributed by atoms with Crippen LogP contribution in [0.25, 0.3) is 0 Å². The predicted molar refractivity (Wildman–Crippen MR) is 89.1 cm³/mol. The first-order valence-electron chi connectivity index (χ1n) is 8.45. The van der Waals surface area contributed by atoms with E-state index < -0.39 is 6.04 Å². The van der Waals surface area contributed by atoms with Crippen LogP contribution in [0.15, 0.2) is 18.2 Å². The second kappa shape index (κ2) is 6.71. The van der Waals surface area contributed by atoms with Crippen molar-refractivity contribution in [3.8, 4) is 11.5 Å². The molecule has 0 bridgehead atoms. The number of fused-ring (bicyclic) bond motifs is 1. The van der Waals surface area contributed by atoms with Gasteiger partial charge in [0.25, 0.3) is 5.91 Å². The Balaban J connectivity index is 1.58. The number of hydrogen-bond acceptors (Lipinski definition) is 4. The number of benzene rings is 1. The molecule has 0 saturated carbocycles. The van der Waals surface area contributed by atoms with E-state index in [9.17, 15) is 9.59 Å². The third-order valence-corrected chi connectivity index (χ3v) is 4.28. The molecule has 2 amide bonds. The van der Waals surface area contributed by atoms with E-state index in [-0.39, 0.29) is 24.0 Å². The molecule has 3 rings (SSSR count). The molecule has 0 spiro atoms. The Bertz CT molecular complexity index is 642. The van der Waals surface area contributed by atoms with Gasteiger partial charge >= 0.3 is 0 Å². The molecule has 1 aromatic carbocycles. The van der Waals surface area contributed by atoms with E-state index in [0.29, 0.717) is 24.5 Å². The Morgan fingerprint density at radius 3 is 3.08 bits per heavy atom. The fraction of sp³-hybridized carbons (Fsp3) is 0.556. The van der Waals surface area contributed by atoms with E-state index in [1.54, 1.807) is 6.07 Å². The monoisotopic (exact) mass is 332 g/mol. The minimum absolute atomic E-state index is 0.119. The fourth-order valence-electron chi connectivity index (χ4n) is 3.16. The van der Waals surface area contributed by atoms with Crippen LogP contribution in [-0.4, -0.2) is 36.6 Å². The van der Waals surface area contributed by atoms with Crippen LogP contribution in [0.3, 0.4) is 0 Å². The van der Waals surface area contributed by atoms with Crippen molar-refractivity contribution in [3.05, 3.63) is 23.8 Å². The number of amides is 2. The van der Waals surface area contributed by atoms with Gasteiger partial charge in [-0.05, 0) is 39.2 Å². The minimum atomic E-state index is -0.472. The maximum Gasteiger partial charge on any atom is 0.258 e. The van der Waals surface area contributed by atoms with Crippen molar-refractivity contribution in [2.75, 3.05) is 13.2 Å². The van der Waals surface area contributed by atoms with E-state index in [1.165, 1.54) is 0 Å². The first kappa shape index (κ1) is 16.6. The third kappa shape index (κ3) is 3.80. The van der Waals surface area contributed by atoms with Gasteiger partial charge in [0, 0.05) is 18.5 Å². The summed E-state index contributed by atoms with van der Waals surface area (Å²) in [4.78, 5) is 24.0. The van der Waals surface area contributed by atoms with E-state index in [0.717, 1.165) is 24.8 Å². The quantitative estimate of drug-likeness (QED) is 0.877. The summed E-state index contributed by atoms with van der Waals surface area (Å²) in [5.74, 6) is 0.861. The third-order valence-electron chi connectivity index (χ3n) is 4.28. The van der Waals surface area contributed by atoms with Gasteiger partial charge in [0.15, 0.2) is 18.1 Å². The van der Waals surface area contributed by atoms with Gasteiger partial charge in [0.05, 0.1) is 0 Å². The first-order valence-corrected chi connectivity index (χ1v) is 8.45. The van der Waals surface area contributed by atoms with Crippen LogP contribution in [0.2, 0.25) is 0 Å². The molecular formula is C18H24N2O4. The zero-order chi connectivity index (χ0) is 17.2. The molecule has 1 atom stereocenters. The number of carbonyl (C=O) groups excluding carboxylic acids is 2. The number of ether oxygens (including phenoxy) is 2. The Kier molecular flexibility index (Phi) is 4.64. The normalized spacial score (nSPS) is 21.9. The zero-order valence-electron chi connectivity index (χ0n) is 14.2. The molecule has 6 nitrogen and oxygen atoms in total. The fourth-order valence-corrected chi connectivity index (χ4v) is 3.16. The van der Waals surface area contributed by atoms with E-state index in [1.807, 2.05) is 26.0 Å². The zero-order valence-corrected chi connectivity index (χ0v) is 14.2. The maximum atomic E-state index is 12.1. The summed E-state index contributed by atoms with van der Waals surface area (Å²) in [6.45, 7) is 4.58. The highest BCUT2D eigenvalue weighted by molar-refractivity contribution is 5.88. The molecule has 0 aliphatic carbocycles. The lowest BCUT2D eigenvalue weighted by molar-refractivity contribution is -0.129. The number of rotatable bonds is 4. The molecule has 1 fully saturated rings. The maximum absolute atomic E-state index is 12.1. The molecule has 2 N–H and O–H groups in total. The Labute approximate surface area is 141 Å². The van der Waals surface area contributed by atoms with Crippen LogP contribution in [-0.2, 0) is 16.0 Å². The van der Waals surface area contributed by atoms with Gasteiger partial charge in [-0.25, -0.2) is 0 Å². The van der Waals surface area contributed by atoms with E-state index in [4.69, 9.17) is 9.47 Å². The summed E-state index contributed by atoms with van der Waals surface area (Å²) >= 11 is 0. The Hall–Kier alpha value is -2.24. The molecule has 2 aliphatic heterocycles. The predicted octanol–water partition coefficient (Wildman–Crippen LogP) is 1.56. The van der Waals surface area contributed by atoms with Crippen molar-refractivity contribution in [1.29, 1.82) is 0 Å². The first-order chi connectivity index (χ1) is 11.4. The highest BCUT2D eigenvalue weighted by Gasteiger charge is 2.32. The number of carbonyl (C=O) groups is 2. The second-order valence-electron chi connectivity index (χ2n) is 6.98. The largest absolute Gasteiger partial charge is 0.483 e. The van der Waals surface area contributed by atoms with Gasteiger partial charge < -0.3 is 20.1 Å². The van der Waals surface area contributed by atoms with Crippen molar-refractivity contribution >= 4 is 11.8 Å². The minimum Gasteiger partial charge on any atom is -0.483 e. The average molecular weight is 332 g/mol.